The second-order valence-corrected chi connectivity index (χ2v) is 4.99. The van der Waals surface area contributed by atoms with Gasteiger partial charge in [-0.3, -0.25) is 0 Å². The highest BCUT2D eigenvalue weighted by molar-refractivity contribution is 7.80. The highest BCUT2D eigenvalue weighted by Gasteiger charge is 2.21. The number of aromatic nitrogens is 2. The zero-order valence-electron chi connectivity index (χ0n) is 10.6. The van der Waals surface area contributed by atoms with E-state index < -0.39 is 0 Å². The summed E-state index contributed by atoms with van der Waals surface area (Å²) in [6.45, 7) is 6.55. The van der Waals surface area contributed by atoms with Gasteiger partial charge >= 0.3 is 0 Å². The average molecular weight is 265 g/mol. The first-order chi connectivity index (χ1) is 8.70. The zero-order chi connectivity index (χ0) is 13.0. The van der Waals surface area contributed by atoms with Crippen molar-refractivity contribution in [2.75, 3.05) is 31.5 Å². The SMILES string of the molecule is CCN1CCC(CNc2nccnc2C(N)=S)C1. The van der Waals surface area contributed by atoms with Crippen LogP contribution in [0.3, 0.4) is 0 Å². The van der Waals surface area contributed by atoms with Gasteiger partial charge in [-0.15, -0.1) is 0 Å². The molecular formula is C12H19N5S. The molecule has 1 aromatic heterocycles. The molecule has 0 aromatic carbocycles. The molecule has 1 aromatic rings. The molecule has 5 nitrogen and oxygen atoms in total. The third-order valence-corrected chi connectivity index (χ3v) is 3.50. The molecule has 1 unspecified atom stereocenters. The highest BCUT2D eigenvalue weighted by Crippen LogP contribution is 2.17. The van der Waals surface area contributed by atoms with Crippen LogP contribution in [0.2, 0.25) is 0 Å². The van der Waals surface area contributed by atoms with Gasteiger partial charge in [-0.05, 0) is 25.4 Å². The minimum Gasteiger partial charge on any atom is -0.388 e. The zero-order valence-corrected chi connectivity index (χ0v) is 11.4. The Morgan fingerprint density at radius 3 is 3.00 bits per heavy atom. The van der Waals surface area contributed by atoms with Gasteiger partial charge < -0.3 is 16.0 Å². The van der Waals surface area contributed by atoms with E-state index >= 15 is 0 Å². The quantitative estimate of drug-likeness (QED) is 0.770. The molecule has 98 valence electrons. The van der Waals surface area contributed by atoms with Gasteiger partial charge in [0.25, 0.3) is 0 Å². The number of hydrogen-bond acceptors (Lipinski definition) is 5. The van der Waals surface area contributed by atoms with Gasteiger partial charge in [0.2, 0.25) is 0 Å². The molecule has 1 aliphatic heterocycles. The second kappa shape index (κ2) is 6.06. The van der Waals surface area contributed by atoms with Gasteiger partial charge in [0.05, 0.1) is 0 Å². The van der Waals surface area contributed by atoms with E-state index in [4.69, 9.17) is 18.0 Å². The Morgan fingerprint density at radius 1 is 1.56 bits per heavy atom. The van der Waals surface area contributed by atoms with Crippen molar-refractivity contribution < 1.29 is 0 Å². The van der Waals surface area contributed by atoms with Crippen molar-refractivity contribution in [3.8, 4) is 0 Å². The maximum Gasteiger partial charge on any atom is 0.155 e. The lowest BCUT2D eigenvalue weighted by Crippen LogP contribution is -2.24. The molecule has 2 heterocycles. The minimum atomic E-state index is 0.284. The van der Waals surface area contributed by atoms with Crippen molar-refractivity contribution in [1.29, 1.82) is 0 Å². The molecule has 6 heteroatoms. The lowest BCUT2D eigenvalue weighted by molar-refractivity contribution is 0.345. The van der Waals surface area contributed by atoms with E-state index in [0.717, 1.165) is 19.6 Å². The number of likely N-dealkylation sites (tertiary alicyclic amines) is 1. The molecule has 0 amide bonds. The molecular weight excluding hydrogens is 246 g/mol. The van der Waals surface area contributed by atoms with Crippen LogP contribution in [0.5, 0.6) is 0 Å². The van der Waals surface area contributed by atoms with Crippen molar-refractivity contribution in [2.24, 2.45) is 11.7 Å². The molecule has 1 aliphatic rings. The summed E-state index contributed by atoms with van der Waals surface area (Å²) in [6.07, 6.45) is 4.48. The van der Waals surface area contributed by atoms with Crippen LogP contribution in [0.15, 0.2) is 12.4 Å². The van der Waals surface area contributed by atoms with Gasteiger partial charge in [0.15, 0.2) is 5.82 Å². The van der Waals surface area contributed by atoms with E-state index in [0.29, 0.717) is 17.4 Å². The van der Waals surface area contributed by atoms with Crippen molar-refractivity contribution >= 4 is 23.0 Å². The van der Waals surface area contributed by atoms with E-state index in [1.807, 2.05) is 0 Å². The summed E-state index contributed by atoms with van der Waals surface area (Å²) in [5.74, 6) is 1.35. The smallest absolute Gasteiger partial charge is 0.155 e. The third-order valence-electron chi connectivity index (χ3n) is 3.31. The normalized spacial score (nSPS) is 19.9. The van der Waals surface area contributed by atoms with E-state index in [9.17, 15) is 0 Å². The first-order valence-electron chi connectivity index (χ1n) is 6.27. The minimum absolute atomic E-state index is 0.284. The van der Waals surface area contributed by atoms with Crippen LogP contribution in [-0.2, 0) is 0 Å². The van der Waals surface area contributed by atoms with Crippen LogP contribution in [0.25, 0.3) is 0 Å². The highest BCUT2D eigenvalue weighted by atomic mass is 32.1. The number of rotatable bonds is 5. The summed E-state index contributed by atoms with van der Waals surface area (Å²) < 4.78 is 0. The summed E-state index contributed by atoms with van der Waals surface area (Å²) in [5.41, 5.74) is 6.20. The van der Waals surface area contributed by atoms with Gasteiger partial charge in [0.1, 0.15) is 10.7 Å². The molecule has 2 rings (SSSR count). The summed E-state index contributed by atoms with van der Waals surface area (Å²) >= 11 is 4.96. The Hall–Kier alpha value is -1.27. The number of nitrogens with two attached hydrogens (primary N) is 1. The Kier molecular flexibility index (Phi) is 4.43. The van der Waals surface area contributed by atoms with E-state index in [1.54, 1.807) is 12.4 Å². The van der Waals surface area contributed by atoms with Crippen molar-refractivity contribution in [2.45, 2.75) is 13.3 Å². The molecule has 1 fully saturated rings. The second-order valence-electron chi connectivity index (χ2n) is 4.55. The fraction of sp³-hybridized carbons (Fsp3) is 0.583. The number of nitrogens with zero attached hydrogens (tertiary/aromatic N) is 3. The third kappa shape index (κ3) is 3.14. The predicted octanol–water partition coefficient (Wildman–Crippen LogP) is 0.864. The largest absolute Gasteiger partial charge is 0.388 e. The molecule has 3 N–H and O–H groups in total. The summed E-state index contributed by atoms with van der Waals surface area (Å²) in [5, 5.41) is 3.31. The first kappa shape index (κ1) is 13.2. The number of anilines is 1. The Morgan fingerprint density at radius 2 is 2.33 bits per heavy atom. The van der Waals surface area contributed by atoms with Gasteiger partial charge in [-0.2, -0.15) is 0 Å². The maximum atomic E-state index is 5.62. The lowest BCUT2D eigenvalue weighted by Gasteiger charge is -2.14. The van der Waals surface area contributed by atoms with E-state index in [-0.39, 0.29) is 4.99 Å². The predicted molar refractivity (Wildman–Crippen MR) is 76.6 cm³/mol. The summed E-state index contributed by atoms with van der Waals surface area (Å²) in [7, 11) is 0. The molecule has 0 spiro atoms. The Bertz CT molecular complexity index is 423. The lowest BCUT2D eigenvalue weighted by atomic mass is 10.1. The van der Waals surface area contributed by atoms with Crippen LogP contribution in [0, 0.1) is 5.92 Å². The number of nitrogens with one attached hydrogen (secondary N) is 1. The molecule has 18 heavy (non-hydrogen) atoms. The van der Waals surface area contributed by atoms with Gasteiger partial charge in [0, 0.05) is 25.5 Å². The van der Waals surface area contributed by atoms with Gasteiger partial charge in [-0.1, -0.05) is 19.1 Å². The van der Waals surface area contributed by atoms with Crippen LogP contribution in [0.1, 0.15) is 19.0 Å². The van der Waals surface area contributed by atoms with Crippen LogP contribution in [-0.4, -0.2) is 46.0 Å². The molecule has 0 radical (unpaired) electrons. The van der Waals surface area contributed by atoms with E-state index in [1.165, 1.54) is 13.0 Å². The van der Waals surface area contributed by atoms with Crippen LogP contribution < -0.4 is 11.1 Å². The molecule has 1 saturated heterocycles. The van der Waals surface area contributed by atoms with Crippen molar-refractivity contribution in [3.05, 3.63) is 18.1 Å². The fourth-order valence-electron chi connectivity index (χ4n) is 2.26. The molecule has 1 atom stereocenters. The Balaban J connectivity index is 1.92. The summed E-state index contributed by atoms with van der Waals surface area (Å²) in [4.78, 5) is 11.1. The monoisotopic (exact) mass is 265 g/mol. The maximum absolute atomic E-state index is 5.62. The molecule has 0 bridgehead atoms. The Labute approximate surface area is 113 Å². The number of hydrogen-bond donors (Lipinski definition) is 2. The van der Waals surface area contributed by atoms with E-state index in [2.05, 4.69) is 27.1 Å². The van der Waals surface area contributed by atoms with Crippen molar-refractivity contribution in [3.63, 3.8) is 0 Å². The number of thiocarbonyl (C=S) groups is 1. The van der Waals surface area contributed by atoms with Crippen LogP contribution >= 0.6 is 12.2 Å². The fourth-order valence-corrected chi connectivity index (χ4v) is 2.40. The van der Waals surface area contributed by atoms with Crippen LogP contribution in [0.4, 0.5) is 5.82 Å². The average Bonchev–Trinajstić information content (AvgIpc) is 2.84. The van der Waals surface area contributed by atoms with Gasteiger partial charge in [-0.25, -0.2) is 9.97 Å². The topological polar surface area (TPSA) is 67.1 Å². The summed E-state index contributed by atoms with van der Waals surface area (Å²) in [6, 6.07) is 0. The first-order valence-corrected chi connectivity index (χ1v) is 6.68. The van der Waals surface area contributed by atoms with Crippen molar-refractivity contribution in [1.82, 2.24) is 14.9 Å². The molecule has 0 aliphatic carbocycles. The molecule has 0 saturated carbocycles. The standard InChI is InChI=1S/C12H19N5S/c1-2-17-6-3-9(8-17)7-16-12-10(11(13)18)14-4-5-15-12/h4-5,9H,2-3,6-8H2,1H3,(H2,13,18)(H,15,16).